The summed E-state index contributed by atoms with van der Waals surface area (Å²) in [4.78, 5) is 19.7. The highest BCUT2D eigenvalue weighted by Crippen LogP contribution is 2.21. The van der Waals surface area contributed by atoms with Crippen LogP contribution in [-0.4, -0.2) is 37.0 Å². The van der Waals surface area contributed by atoms with Gasteiger partial charge in [0.1, 0.15) is 5.82 Å². The largest absolute Gasteiger partial charge is 0.494 e. The molecule has 122 valence electrons. The van der Waals surface area contributed by atoms with Gasteiger partial charge >= 0.3 is 0 Å². The molecule has 0 aliphatic heterocycles. The Morgan fingerprint density at radius 3 is 2.61 bits per heavy atom. The van der Waals surface area contributed by atoms with E-state index in [4.69, 9.17) is 10.5 Å². The standard InChI is InChI=1S/C14H14FN3O4S/c1-3-23(20,21)14-17-7-9(13(16)18-14)12(19)8-4-5-11(22-2)10(15)6-8/h4-7H,3H2,1-2H3,(H2,16,17,18). The fraction of sp³-hybridized carbons (Fsp3) is 0.214. The predicted molar refractivity (Wildman–Crippen MR) is 80.6 cm³/mol. The maximum absolute atomic E-state index is 13.7. The molecule has 0 aliphatic rings. The molecule has 0 fully saturated rings. The number of aromatic nitrogens is 2. The van der Waals surface area contributed by atoms with Crippen LogP contribution in [0.3, 0.4) is 0 Å². The number of sulfone groups is 1. The number of anilines is 1. The third-order valence-electron chi connectivity index (χ3n) is 3.11. The number of ether oxygens (including phenoxy) is 1. The van der Waals surface area contributed by atoms with Crippen LogP contribution >= 0.6 is 0 Å². The first-order valence-corrected chi connectivity index (χ1v) is 8.19. The first kappa shape index (κ1) is 16.8. The highest BCUT2D eigenvalue weighted by atomic mass is 32.2. The van der Waals surface area contributed by atoms with Crippen molar-refractivity contribution in [3.8, 4) is 5.75 Å². The molecule has 0 saturated heterocycles. The Kier molecular flexibility index (Phi) is 4.60. The summed E-state index contributed by atoms with van der Waals surface area (Å²) in [6, 6.07) is 3.66. The van der Waals surface area contributed by atoms with Gasteiger partial charge in [0.2, 0.25) is 15.0 Å². The number of benzene rings is 1. The van der Waals surface area contributed by atoms with Crippen molar-refractivity contribution in [2.45, 2.75) is 12.1 Å². The Bertz CT molecular complexity index is 868. The zero-order valence-corrected chi connectivity index (χ0v) is 13.2. The summed E-state index contributed by atoms with van der Waals surface area (Å²) in [6.45, 7) is 1.44. The van der Waals surface area contributed by atoms with E-state index in [-0.39, 0.29) is 28.4 Å². The van der Waals surface area contributed by atoms with Crippen molar-refractivity contribution in [2.75, 3.05) is 18.6 Å². The number of hydrogen-bond donors (Lipinski definition) is 1. The molecular formula is C14H14FN3O4S. The van der Waals surface area contributed by atoms with Crippen molar-refractivity contribution in [2.24, 2.45) is 0 Å². The van der Waals surface area contributed by atoms with E-state index in [9.17, 15) is 17.6 Å². The predicted octanol–water partition coefficient (Wildman–Crippen LogP) is 1.23. The minimum atomic E-state index is -3.63. The number of nitrogens with zero attached hydrogens (tertiary/aromatic N) is 2. The SMILES string of the molecule is CCS(=O)(=O)c1ncc(C(=O)c2ccc(OC)c(F)c2)c(N)n1. The summed E-state index contributed by atoms with van der Waals surface area (Å²) in [7, 11) is -2.33. The molecule has 0 aliphatic carbocycles. The molecule has 0 saturated carbocycles. The smallest absolute Gasteiger partial charge is 0.249 e. The van der Waals surface area contributed by atoms with E-state index < -0.39 is 26.6 Å². The van der Waals surface area contributed by atoms with Gasteiger partial charge in [-0.1, -0.05) is 6.92 Å². The van der Waals surface area contributed by atoms with Gasteiger partial charge in [0.05, 0.1) is 18.4 Å². The molecule has 0 atom stereocenters. The van der Waals surface area contributed by atoms with E-state index >= 15 is 0 Å². The molecule has 9 heteroatoms. The Balaban J connectivity index is 2.43. The second-order valence-corrected chi connectivity index (χ2v) is 6.71. The maximum atomic E-state index is 13.7. The van der Waals surface area contributed by atoms with Gasteiger partial charge in [0.15, 0.2) is 17.3 Å². The average molecular weight is 339 g/mol. The Labute approximate surface area is 132 Å². The number of ketones is 1. The van der Waals surface area contributed by atoms with E-state index in [0.29, 0.717) is 0 Å². The van der Waals surface area contributed by atoms with Crippen LogP contribution in [0.5, 0.6) is 5.75 Å². The molecule has 0 unspecified atom stereocenters. The van der Waals surface area contributed by atoms with Gasteiger partial charge in [0.25, 0.3) is 0 Å². The van der Waals surface area contributed by atoms with Gasteiger partial charge in [-0.2, -0.15) is 0 Å². The fourth-order valence-corrected chi connectivity index (χ4v) is 2.50. The summed E-state index contributed by atoms with van der Waals surface area (Å²) in [5.41, 5.74) is 5.56. The van der Waals surface area contributed by atoms with Crippen molar-refractivity contribution in [3.63, 3.8) is 0 Å². The molecule has 2 rings (SSSR count). The summed E-state index contributed by atoms with van der Waals surface area (Å²) < 4.78 is 41.8. The molecule has 0 radical (unpaired) electrons. The van der Waals surface area contributed by atoms with E-state index in [1.807, 2.05) is 0 Å². The zero-order valence-electron chi connectivity index (χ0n) is 12.4. The fourth-order valence-electron chi connectivity index (χ4n) is 1.80. The van der Waals surface area contributed by atoms with Crippen LogP contribution < -0.4 is 10.5 Å². The van der Waals surface area contributed by atoms with Crippen molar-refractivity contribution in [1.82, 2.24) is 9.97 Å². The lowest BCUT2D eigenvalue weighted by molar-refractivity contribution is 0.103. The number of nitrogens with two attached hydrogens (primary N) is 1. The van der Waals surface area contributed by atoms with Crippen LogP contribution in [0, 0.1) is 5.82 Å². The van der Waals surface area contributed by atoms with Crippen molar-refractivity contribution < 1.29 is 22.3 Å². The molecule has 2 N–H and O–H groups in total. The molecule has 0 amide bonds. The molecule has 23 heavy (non-hydrogen) atoms. The minimum Gasteiger partial charge on any atom is -0.494 e. The van der Waals surface area contributed by atoms with Crippen LogP contribution in [-0.2, 0) is 9.84 Å². The highest BCUT2D eigenvalue weighted by molar-refractivity contribution is 7.91. The molecule has 0 bridgehead atoms. The highest BCUT2D eigenvalue weighted by Gasteiger charge is 2.21. The molecule has 1 aromatic carbocycles. The Morgan fingerprint density at radius 1 is 1.39 bits per heavy atom. The van der Waals surface area contributed by atoms with E-state index in [1.54, 1.807) is 0 Å². The lowest BCUT2D eigenvalue weighted by Crippen LogP contribution is -2.14. The first-order chi connectivity index (χ1) is 10.8. The molecule has 2 aromatic rings. The maximum Gasteiger partial charge on any atom is 0.249 e. The molecule has 1 aromatic heterocycles. The first-order valence-electron chi connectivity index (χ1n) is 6.53. The Hall–Kier alpha value is -2.55. The van der Waals surface area contributed by atoms with Gasteiger partial charge in [0, 0.05) is 11.8 Å². The second kappa shape index (κ2) is 6.29. The van der Waals surface area contributed by atoms with Gasteiger partial charge in [-0.15, -0.1) is 0 Å². The quantitative estimate of drug-likeness (QED) is 0.644. The van der Waals surface area contributed by atoms with E-state index in [0.717, 1.165) is 12.3 Å². The number of halogens is 1. The number of nitrogen functional groups attached to an aromatic ring is 1. The van der Waals surface area contributed by atoms with E-state index in [2.05, 4.69) is 9.97 Å². The third kappa shape index (κ3) is 3.29. The van der Waals surface area contributed by atoms with Crippen molar-refractivity contribution in [1.29, 1.82) is 0 Å². The number of carbonyl (C=O) groups excluding carboxylic acids is 1. The summed E-state index contributed by atoms with van der Waals surface area (Å²) >= 11 is 0. The third-order valence-corrected chi connectivity index (χ3v) is 4.63. The Morgan fingerprint density at radius 2 is 2.09 bits per heavy atom. The molecule has 0 spiro atoms. The molecular weight excluding hydrogens is 325 g/mol. The van der Waals surface area contributed by atoms with Crippen LogP contribution in [0.15, 0.2) is 29.6 Å². The van der Waals surface area contributed by atoms with E-state index in [1.165, 1.54) is 26.2 Å². The minimum absolute atomic E-state index is 0.00448. The zero-order chi connectivity index (χ0) is 17.2. The van der Waals surface area contributed by atoms with Crippen molar-refractivity contribution >= 4 is 21.4 Å². The van der Waals surface area contributed by atoms with Crippen LogP contribution in [0.4, 0.5) is 10.2 Å². The summed E-state index contributed by atoms with van der Waals surface area (Å²) in [6.07, 6.45) is 1.02. The number of carbonyl (C=O) groups is 1. The lowest BCUT2D eigenvalue weighted by atomic mass is 10.1. The average Bonchev–Trinajstić information content (AvgIpc) is 2.54. The molecule has 7 nitrogen and oxygen atoms in total. The van der Waals surface area contributed by atoms with Gasteiger partial charge < -0.3 is 10.5 Å². The number of rotatable bonds is 5. The molecule has 1 heterocycles. The monoisotopic (exact) mass is 339 g/mol. The van der Waals surface area contributed by atoms with Crippen molar-refractivity contribution in [3.05, 3.63) is 41.3 Å². The summed E-state index contributed by atoms with van der Waals surface area (Å²) in [5.74, 6) is -1.81. The normalized spacial score (nSPS) is 11.3. The number of methoxy groups -OCH3 is 1. The lowest BCUT2D eigenvalue weighted by Gasteiger charge is -2.07. The topological polar surface area (TPSA) is 112 Å². The van der Waals surface area contributed by atoms with Gasteiger partial charge in [-0.25, -0.2) is 22.8 Å². The summed E-state index contributed by atoms with van der Waals surface area (Å²) in [5, 5.41) is -0.449. The van der Waals surface area contributed by atoms with Crippen LogP contribution in [0.2, 0.25) is 0 Å². The second-order valence-electron chi connectivity index (χ2n) is 4.53. The number of hydrogen-bond acceptors (Lipinski definition) is 7. The van der Waals surface area contributed by atoms with Crippen LogP contribution in [0.25, 0.3) is 0 Å². The van der Waals surface area contributed by atoms with Gasteiger partial charge in [-0.3, -0.25) is 4.79 Å². The van der Waals surface area contributed by atoms with Gasteiger partial charge in [-0.05, 0) is 18.2 Å². The van der Waals surface area contributed by atoms with Crippen LogP contribution in [0.1, 0.15) is 22.8 Å².